The zero-order chi connectivity index (χ0) is 14.8. The number of esters is 1. The standard InChI is InChI=1S/C11H16Cl2N2O4/c1-6(2)14-9(18)15-7(16)4-19-8(17)10(3)5-11(10,12)13/h6H,4-5H2,1-3H3,(H2,14,15,16,18)/t10-/m1/s1. The van der Waals surface area contributed by atoms with Gasteiger partial charge in [-0.15, -0.1) is 23.2 Å². The number of halogens is 2. The SMILES string of the molecule is CC(C)NC(=O)NC(=O)COC(=O)[C@@]1(C)CC1(Cl)Cl. The third kappa shape index (κ3) is 3.98. The smallest absolute Gasteiger partial charge is 0.321 e. The van der Waals surface area contributed by atoms with E-state index in [0.29, 0.717) is 0 Å². The van der Waals surface area contributed by atoms with E-state index in [1.807, 2.05) is 5.32 Å². The van der Waals surface area contributed by atoms with Crippen LogP contribution < -0.4 is 10.6 Å². The van der Waals surface area contributed by atoms with Crippen molar-refractivity contribution in [3.05, 3.63) is 0 Å². The first-order valence-electron chi connectivity index (χ1n) is 5.74. The molecule has 6 nitrogen and oxygen atoms in total. The van der Waals surface area contributed by atoms with Crippen LogP contribution in [0.25, 0.3) is 0 Å². The Morgan fingerprint density at radius 2 is 1.84 bits per heavy atom. The second kappa shape index (κ2) is 5.54. The van der Waals surface area contributed by atoms with Crippen molar-refractivity contribution in [1.29, 1.82) is 0 Å². The van der Waals surface area contributed by atoms with Crippen molar-refractivity contribution in [3.8, 4) is 0 Å². The second-order valence-corrected chi connectivity index (χ2v) is 6.45. The predicted molar refractivity (Wildman–Crippen MR) is 69.9 cm³/mol. The van der Waals surface area contributed by atoms with Crippen LogP contribution in [0.15, 0.2) is 0 Å². The summed E-state index contributed by atoms with van der Waals surface area (Å²) in [6, 6.07) is -0.744. The normalized spacial score (nSPS) is 23.7. The Bertz CT molecular complexity index is 411. The minimum Gasteiger partial charge on any atom is -0.455 e. The number of hydrogen-bond donors (Lipinski definition) is 2. The predicted octanol–water partition coefficient (Wildman–Crippen LogP) is 1.35. The molecule has 3 amide bonds. The Morgan fingerprint density at radius 1 is 1.32 bits per heavy atom. The summed E-state index contributed by atoms with van der Waals surface area (Å²) in [7, 11) is 0. The fourth-order valence-electron chi connectivity index (χ4n) is 1.37. The van der Waals surface area contributed by atoms with Crippen LogP contribution in [0.1, 0.15) is 27.2 Å². The van der Waals surface area contributed by atoms with E-state index in [1.54, 1.807) is 20.8 Å². The van der Waals surface area contributed by atoms with Gasteiger partial charge in [0.2, 0.25) is 0 Å². The summed E-state index contributed by atoms with van der Waals surface area (Å²) in [5, 5.41) is 4.49. The van der Waals surface area contributed by atoms with Crippen LogP contribution in [0.2, 0.25) is 0 Å². The first kappa shape index (κ1) is 16.0. The number of amides is 3. The lowest BCUT2D eigenvalue weighted by Gasteiger charge is -2.12. The topological polar surface area (TPSA) is 84.5 Å². The minimum atomic E-state index is -1.14. The van der Waals surface area contributed by atoms with Crippen molar-refractivity contribution in [2.24, 2.45) is 5.41 Å². The molecule has 2 N–H and O–H groups in total. The average molecular weight is 311 g/mol. The molecule has 1 atom stereocenters. The highest BCUT2D eigenvalue weighted by atomic mass is 35.5. The fraction of sp³-hybridized carbons (Fsp3) is 0.727. The lowest BCUT2D eigenvalue weighted by Crippen LogP contribution is -2.44. The van der Waals surface area contributed by atoms with E-state index in [9.17, 15) is 14.4 Å². The number of carbonyl (C=O) groups excluding carboxylic acids is 3. The summed E-state index contributed by atoms with van der Waals surface area (Å²) in [6.07, 6.45) is 0.275. The zero-order valence-electron chi connectivity index (χ0n) is 10.9. The van der Waals surface area contributed by atoms with E-state index in [4.69, 9.17) is 27.9 Å². The Hall–Kier alpha value is -1.01. The molecule has 1 fully saturated rings. The van der Waals surface area contributed by atoms with Gasteiger partial charge in [0.15, 0.2) is 6.61 Å². The molecule has 0 bridgehead atoms. The maximum Gasteiger partial charge on any atom is 0.321 e. The lowest BCUT2D eigenvalue weighted by molar-refractivity contribution is -0.153. The van der Waals surface area contributed by atoms with E-state index < -0.39 is 34.3 Å². The third-order valence-electron chi connectivity index (χ3n) is 2.72. The monoisotopic (exact) mass is 310 g/mol. The minimum absolute atomic E-state index is 0.103. The number of ether oxygens (including phenoxy) is 1. The Kier molecular flexibility index (Phi) is 4.68. The highest BCUT2D eigenvalue weighted by Crippen LogP contribution is 2.64. The molecular weight excluding hydrogens is 295 g/mol. The Labute approximate surface area is 121 Å². The van der Waals surface area contributed by atoms with Crippen molar-refractivity contribution >= 4 is 41.1 Å². The largest absolute Gasteiger partial charge is 0.455 e. The molecule has 0 spiro atoms. The van der Waals surface area contributed by atoms with Gasteiger partial charge in [0.05, 0.1) is 0 Å². The van der Waals surface area contributed by atoms with Crippen LogP contribution in [0.3, 0.4) is 0 Å². The summed E-state index contributed by atoms with van der Waals surface area (Å²) in [5.74, 6) is -1.37. The molecule has 1 rings (SSSR count). The Balaban J connectivity index is 2.32. The molecule has 19 heavy (non-hydrogen) atoms. The van der Waals surface area contributed by atoms with Crippen LogP contribution in [0.4, 0.5) is 4.79 Å². The molecule has 0 radical (unpaired) electrons. The number of alkyl halides is 2. The van der Waals surface area contributed by atoms with Crippen molar-refractivity contribution in [2.45, 2.75) is 37.6 Å². The molecule has 108 valence electrons. The molecule has 0 saturated heterocycles. The Morgan fingerprint density at radius 3 is 2.26 bits per heavy atom. The number of urea groups is 1. The van der Waals surface area contributed by atoms with Crippen molar-refractivity contribution in [1.82, 2.24) is 10.6 Å². The first-order valence-corrected chi connectivity index (χ1v) is 6.49. The van der Waals surface area contributed by atoms with Gasteiger partial charge in [-0.05, 0) is 20.8 Å². The molecule has 8 heteroatoms. The van der Waals surface area contributed by atoms with Gasteiger partial charge in [-0.25, -0.2) is 4.79 Å². The molecule has 0 aromatic heterocycles. The van der Waals surface area contributed by atoms with Gasteiger partial charge in [0.25, 0.3) is 5.91 Å². The van der Waals surface area contributed by atoms with Crippen molar-refractivity contribution in [3.63, 3.8) is 0 Å². The first-order chi connectivity index (χ1) is 8.58. The van der Waals surface area contributed by atoms with Gasteiger partial charge in [-0.3, -0.25) is 14.9 Å². The molecule has 1 aliphatic rings. The maximum atomic E-state index is 11.6. The van der Waals surface area contributed by atoms with Crippen LogP contribution in [-0.4, -0.2) is 34.9 Å². The van der Waals surface area contributed by atoms with Gasteiger partial charge >= 0.3 is 12.0 Å². The average Bonchev–Trinajstić information content (AvgIpc) is 2.74. The quantitative estimate of drug-likeness (QED) is 0.606. The van der Waals surface area contributed by atoms with Crippen LogP contribution in [0, 0.1) is 5.41 Å². The maximum absolute atomic E-state index is 11.6. The number of nitrogens with one attached hydrogen (secondary N) is 2. The number of rotatable bonds is 4. The zero-order valence-corrected chi connectivity index (χ0v) is 12.4. The lowest BCUT2D eigenvalue weighted by atomic mass is 10.1. The fourth-order valence-corrected chi connectivity index (χ4v) is 2.06. The summed E-state index contributed by atoms with van der Waals surface area (Å²) in [4.78, 5) is 34.2. The van der Waals surface area contributed by atoms with Crippen LogP contribution >= 0.6 is 23.2 Å². The number of imide groups is 1. The van der Waals surface area contributed by atoms with E-state index in [0.717, 1.165) is 0 Å². The van der Waals surface area contributed by atoms with E-state index in [-0.39, 0.29) is 12.5 Å². The van der Waals surface area contributed by atoms with Crippen LogP contribution in [-0.2, 0) is 14.3 Å². The van der Waals surface area contributed by atoms with Gasteiger partial charge < -0.3 is 10.1 Å². The summed E-state index contributed by atoms with van der Waals surface area (Å²) < 4.78 is 3.63. The van der Waals surface area contributed by atoms with Crippen molar-refractivity contribution < 1.29 is 19.1 Å². The summed E-state index contributed by atoms with van der Waals surface area (Å²) in [5.41, 5.74) is -0.990. The highest BCUT2D eigenvalue weighted by Gasteiger charge is 2.69. The van der Waals surface area contributed by atoms with Gasteiger partial charge in [0, 0.05) is 12.5 Å². The van der Waals surface area contributed by atoms with Gasteiger partial charge in [0.1, 0.15) is 9.75 Å². The molecule has 0 unspecified atom stereocenters. The highest BCUT2D eigenvalue weighted by molar-refractivity contribution is 6.53. The molecule has 0 aromatic carbocycles. The van der Waals surface area contributed by atoms with E-state index in [2.05, 4.69) is 5.32 Å². The van der Waals surface area contributed by atoms with Gasteiger partial charge in [-0.1, -0.05) is 0 Å². The summed E-state index contributed by atoms with van der Waals surface area (Å²) >= 11 is 11.6. The number of hydrogen-bond acceptors (Lipinski definition) is 4. The third-order valence-corrected chi connectivity index (χ3v) is 3.82. The van der Waals surface area contributed by atoms with Crippen molar-refractivity contribution in [2.75, 3.05) is 6.61 Å². The molecule has 0 heterocycles. The molecule has 1 saturated carbocycles. The van der Waals surface area contributed by atoms with E-state index in [1.165, 1.54) is 0 Å². The molecule has 1 aliphatic carbocycles. The second-order valence-electron chi connectivity index (χ2n) is 4.97. The molecule has 0 aliphatic heterocycles. The van der Waals surface area contributed by atoms with E-state index >= 15 is 0 Å². The number of carbonyl (C=O) groups is 3. The molecular formula is C11H16Cl2N2O4. The molecule has 0 aromatic rings. The summed E-state index contributed by atoms with van der Waals surface area (Å²) in [6.45, 7) is 4.50. The van der Waals surface area contributed by atoms with Crippen LogP contribution in [0.5, 0.6) is 0 Å². The van der Waals surface area contributed by atoms with Gasteiger partial charge in [-0.2, -0.15) is 0 Å².